The van der Waals surface area contributed by atoms with Crippen molar-refractivity contribution in [3.63, 3.8) is 0 Å². The molecular formula is C19H26N2O3. The Hall–Kier alpha value is -2.17. The summed E-state index contributed by atoms with van der Waals surface area (Å²) in [5, 5.41) is 2.93. The third kappa shape index (κ3) is 3.35. The van der Waals surface area contributed by atoms with Crippen LogP contribution >= 0.6 is 0 Å². The average molecular weight is 330 g/mol. The molecule has 3 amide bonds. The molecule has 1 aromatic rings. The monoisotopic (exact) mass is 330 g/mol. The van der Waals surface area contributed by atoms with E-state index in [4.69, 9.17) is 0 Å². The molecule has 0 aliphatic carbocycles. The van der Waals surface area contributed by atoms with Crippen LogP contribution in [-0.4, -0.2) is 35.2 Å². The zero-order valence-corrected chi connectivity index (χ0v) is 14.8. The first-order valence-electron chi connectivity index (χ1n) is 8.66. The number of hydrogen-bond donors (Lipinski definition) is 1. The second kappa shape index (κ2) is 7.60. The Kier molecular flexibility index (Phi) is 5.75. The van der Waals surface area contributed by atoms with Gasteiger partial charge in [-0.15, -0.1) is 0 Å². The lowest BCUT2D eigenvalue weighted by molar-refractivity contribution is -0.126. The van der Waals surface area contributed by atoms with Gasteiger partial charge in [0.25, 0.3) is 11.8 Å². The number of carbonyl (C=O) groups is 3. The van der Waals surface area contributed by atoms with Crippen molar-refractivity contribution in [1.82, 2.24) is 10.2 Å². The molecule has 0 radical (unpaired) electrons. The van der Waals surface area contributed by atoms with Crippen LogP contribution in [0.5, 0.6) is 0 Å². The molecule has 130 valence electrons. The van der Waals surface area contributed by atoms with Crippen LogP contribution in [-0.2, 0) is 4.79 Å². The van der Waals surface area contributed by atoms with Gasteiger partial charge in [0.15, 0.2) is 0 Å². The number of benzene rings is 1. The lowest BCUT2D eigenvalue weighted by Gasteiger charge is -2.29. The number of carbonyl (C=O) groups excluding carboxylic acids is 3. The van der Waals surface area contributed by atoms with E-state index < -0.39 is 6.04 Å². The van der Waals surface area contributed by atoms with E-state index in [0.717, 1.165) is 17.7 Å². The molecule has 1 N–H and O–H groups in total. The van der Waals surface area contributed by atoms with Crippen molar-refractivity contribution in [1.29, 1.82) is 0 Å². The van der Waals surface area contributed by atoms with Gasteiger partial charge in [-0.1, -0.05) is 52.7 Å². The van der Waals surface area contributed by atoms with Crippen molar-refractivity contribution in [2.24, 2.45) is 11.8 Å². The summed E-state index contributed by atoms with van der Waals surface area (Å²) in [7, 11) is 0. The molecule has 1 aliphatic heterocycles. The van der Waals surface area contributed by atoms with Crippen LogP contribution in [0.2, 0.25) is 0 Å². The maximum atomic E-state index is 12.7. The SMILES string of the molecule is CCC(CC)CNC(=O)C(C(C)C)N1C(=O)c2ccccc2C1=O. The molecule has 2 rings (SSSR count). The number of rotatable bonds is 7. The van der Waals surface area contributed by atoms with Crippen molar-refractivity contribution in [3.8, 4) is 0 Å². The van der Waals surface area contributed by atoms with Gasteiger partial charge in [0.2, 0.25) is 5.91 Å². The van der Waals surface area contributed by atoms with Crippen molar-refractivity contribution in [3.05, 3.63) is 35.4 Å². The first-order chi connectivity index (χ1) is 11.4. The molecule has 24 heavy (non-hydrogen) atoms. The number of nitrogens with zero attached hydrogens (tertiary/aromatic N) is 1. The second-order valence-corrected chi connectivity index (χ2v) is 6.64. The third-order valence-electron chi connectivity index (χ3n) is 4.72. The molecule has 0 saturated carbocycles. The number of nitrogens with one attached hydrogen (secondary N) is 1. The molecule has 5 nitrogen and oxygen atoms in total. The van der Waals surface area contributed by atoms with Gasteiger partial charge in [0.05, 0.1) is 11.1 Å². The van der Waals surface area contributed by atoms with Gasteiger partial charge in [-0.3, -0.25) is 19.3 Å². The van der Waals surface area contributed by atoms with E-state index in [2.05, 4.69) is 19.2 Å². The molecule has 0 saturated heterocycles. The highest BCUT2D eigenvalue weighted by Crippen LogP contribution is 2.27. The molecule has 1 aliphatic rings. The van der Waals surface area contributed by atoms with Crippen LogP contribution in [0.3, 0.4) is 0 Å². The number of amides is 3. The molecule has 1 unspecified atom stereocenters. The smallest absolute Gasteiger partial charge is 0.262 e. The Morgan fingerprint density at radius 1 is 1.04 bits per heavy atom. The fraction of sp³-hybridized carbons (Fsp3) is 0.526. The standard InChI is InChI=1S/C19H26N2O3/c1-5-13(6-2)11-20-17(22)16(12(3)4)21-18(23)14-9-7-8-10-15(14)19(21)24/h7-10,12-13,16H,5-6,11H2,1-4H3,(H,20,22). The summed E-state index contributed by atoms with van der Waals surface area (Å²) < 4.78 is 0. The van der Waals surface area contributed by atoms with Gasteiger partial charge in [-0.25, -0.2) is 0 Å². The van der Waals surface area contributed by atoms with Gasteiger partial charge in [-0.05, 0) is 24.0 Å². The normalized spacial score (nSPS) is 15.2. The van der Waals surface area contributed by atoms with Gasteiger partial charge < -0.3 is 5.32 Å². The van der Waals surface area contributed by atoms with E-state index in [9.17, 15) is 14.4 Å². The van der Waals surface area contributed by atoms with Gasteiger partial charge in [0, 0.05) is 6.54 Å². The minimum atomic E-state index is -0.785. The van der Waals surface area contributed by atoms with Crippen LogP contribution < -0.4 is 5.32 Å². The van der Waals surface area contributed by atoms with E-state index in [-0.39, 0.29) is 23.6 Å². The fourth-order valence-electron chi connectivity index (χ4n) is 3.11. The molecule has 0 bridgehead atoms. The zero-order chi connectivity index (χ0) is 17.9. The topological polar surface area (TPSA) is 66.5 Å². The molecule has 1 aromatic carbocycles. The molecule has 1 atom stereocenters. The minimum Gasteiger partial charge on any atom is -0.354 e. The van der Waals surface area contributed by atoms with Gasteiger partial charge in [0.1, 0.15) is 6.04 Å². The Morgan fingerprint density at radius 2 is 1.54 bits per heavy atom. The summed E-state index contributed by atoms with van der Waals surface area (Å²) in [5.41, 5.74) is 0.752. The summed E-state index contributed by atoms with van der Waals surface area (Å²) in [6, 6.07) is 5.94. The number of hydrogen-bond acceptors (Lipinski definition) is 3. The van der Waals surface area contributed by atoms with Crippen molar-refractivity contribution < 1.29 is 14.4 Å². The molecule has 0 spiro atoms. The van der Waals surface area contributed by atoms with Crippen LogP contribution in [0.4, 0.5) is 0 Å². The lowest BCUT2D eigenvalue weighted by atomic mass is 10.00. The quantitative estimate of drug-likeness (QED) is 0.782. The number of imide groups is 1. The van der Waals surface area contributed by atoms with E-state index in [0.29, 0.717) is 23.6 Å². The zero-order valence-electron chi connectivity index (χ0n) is 14.8. The summed E-state index contributed by atoms with van der Waals surface area (Å²) in [6.07, 6.45) is 1.96. The minimum absolute atomic E-state index is 0.158. The Bertz CT molecular complexity index is 600. The summed E-state index contributed by atoms with van der Waals surface area (Å²) in [6.45, 7) is 8.45. The van der Waals surface area contributed by atoms with Crippen LogP contribution in [0.1, 0.15) is 61.3 Å². The third-order valence-corrected chi connectivity index (χ3v) is 4.72. The van der Waals surface area contributed by atoms with Crippen molar-refractivity contribution in [2.75, 3.05) is 6.54 Å². The predicted octanol–water partition coefficient (Wildman–Crippen LogP) is 2.86. The van der Waals surface area contributed by atoms with E-state index in [1.807, 2.05) is 13.8 Å². The first-order valence-corrected chi connectivity index (χ1v) is 8.66. The molecule has 0 fully saturated rings. The maximum Gasteiger partial charge on any atom is 0.262 e. The van der Waals surface area contributed by atoms with E-state index in [1.165, 1.54) is 0 Å². The summed E-state index contributed by atoms with van der Waals surface area (Å²) in [4.78, 5) is 39.1. The van der Waals surface area contributed by atoms with Gasteiger partial charge in [-0.2, -0.15) is 0 Å². The van der Waals surface area contributed by atoms with Crippen molar-refractivity contribution in [2.45, 2.75) is 46.6 Å². The van der Waals surface area contributed by atoms with Crippen molar-refractivity contribution >= 4 is 17.7 Å². The Labute approximate surface area is 143 Å². The average Bonchev–Trinajstić information content (AvgIpc) is 2.81. The molecule has 0 aromatic heterocycles. The molecule has 5 heteroatoms. The first kappa shape index (κ1) is 18.2. The van der Waals surface area contributed by atoms with Crippen LogP contribution in [0, 0.1) is 11.8 Å². The second-order valence-electron chi connectivity index (χ2n) is 6.64. The van der Waals surface area contributed by atoms with E-state index in [1.54, 1.807) is 24.3 Å². The highest BCUT2D eigenvalue weighted by Gasteiger charge is 2.43. The summed E-state index contributed by atoms with van der Waals surface area (Å²) >= 11 is 0. The highest BCUT2D eigenvalue weighted by atomic mass is 16.2. The van der Waals surface area contributed by atoms with E-state index >= 15 is 0 Å². The molecule has 1 heterocycles. The largest absolute Gasteiger partial charge is 0.354 e. The predicted molar refractivity (Wildman–Crippen MR) is 92.6 cm³/mol. The summed E-state index contributed by atoms with van der Waals surface area (Å²) in [5.74, 6) is -0.775. The van der Waals surface area contributed by atoms with Crippen LogP contribution in [0.15, 0.2) is 24.3 Å². The fourth-order valence-corrected chi connectivity index (χ4v) is 3.11. The van der Waals surface area contributed by atoms with Crippen LogP contribution in [0.25, 0.3) is 0 Å². The molecular weight excluding hydrogens is 304 g/mol. The number of fused-ring (bicyclic) bond motifs is 1. The Morgan fingerprint density at radius 3 is 1.96 bits per heavy atom. The lowest BCUT2D eigenvalue weighted by Crippen LogP contribution is -2.52. The maximum absolute atomic E-state index is 12.7. The Balaban J connectivity index is 2.21. The van der Waals surface area contributed by atoms with Gasteiger partial charge >= 0.3 is 0 Å². The highest BCUT2D eigenvalue weighted by molar-refractivity contribution is 6.22.